The van der Waals surface area contributed by atoms with Crippen LogP contribution >= 0.6 is 0 Å². The molecule has 0 bridgehead atoms. The lowest BCUT2D eigenvalue weighted by atomic mass is 9.80. The molecule has 3 heteroatoms. The lowest BCUT2D eigenvalue weighted by Crippen LogP contribution is -2.36. The Morgan fingerprint density at radius 3 is 2.52 bits per heavy atom. The Balaban J connectivity index is 2.36. The van der Waals surface area contributed by atoms with Crippen LogP contribution in [-0.4, -0.2) is 18.8 Å². The molecule has 0 radical (unpaired) electrons. The van der Waals surface area contributed by atoms with Gasteiger partial charge in [-0.25, -0.2) is 4.39 Å². The Labute approximate surface area is 128 Å². The maximum Gasteiger partial charge on any atom is 0.128 e. The van der Waals surface area contributed by atoms with Gasteiger partial charge in [-0.15, -0.1) is 0 Å². The van der Waals surface area contributed by atoms with Crippen LogP contribution in [0, 0.1) is 24.6 Å². The van der Waals surface area contributed by atoms with E-state index in [2.05, 4.69) is 33.0 Å². The summed E-state index contributed by atoms with van der Waals surface area (Å²) < 4.78 is 20.3. The van der Waals surface area contributed by atoms with Gasteiger partial charge in [0, 0.05) is 17.5 Å². The van der Waals surface area contributed by atoms with Gasteiger partial charge < -0.3 is 10.1 Å². The van der Waals surface area contributed by atoms with E-state index in [0.29, 0.717) is 11.8 Å². The maximum atomic E-state index is 14.4. The molecule has 5 unspecified atom stereocenters. The fourth-order valence-corrected chi connectivity index (χ4v) is 3.52. The highest BCUT2D eigenvalue weighted by atomic mass is 19.1. The molecule has 1 aromatic carbocycles. The van der Waals surface area contributed by atoms with Gasteiger partial charge in [0.25, 0.3) is 0 Å². The van der Waals surface area contributed by atoms with Gasteiger partial charge >= 0.3 is 0 Å². The Hall–Kier alpha value is -0.930. The van der Waals surface area contributed by atoms with Crippen molar-refractivity contribution in [2.45, 2.75) is 59.3 Å². The predicted molar refractivity (Wildman–Crippen MR) is 84.8 cm³/mol. The number of benzene rings is 1. The molecule has 1 fully saturated rings. The zero-order chi connectivity index (χ0) is 15.6. The largest absolute Gasteiger partial charge is 0.375 e. The Morgan fingerprint density at radius 2 is 1.95 bits per heavy atom. The third-order valence-electron chi connectivity index (χ3n) is 4.80. The molecular weight excluding hydrogens is 265 g/mol. The summed E-state index contributed by atoms with van der Waals surface area (Å²) >= 11 is 0. The smallest absolute Gasteiger partial charge is 0.128 e. The van der Waals surface area contributed by atoms with Crippen molar-refractivity contribution in [1.29, 1.82) is 0 Å². The van der Waals surface area contributed by atoms with Crippen LogP contribution in [0.4, 0.5) is 4.39 Å². The first-order chi connectivity index (χ1) is 9.95. The molecule has 2 rings (SSSR count). The van der Waals surface area contributed by atoms with Crippen LogP contribution in [0.3, 0.4) is 0 Å². The highest BCUT2D eigenvalue weighted by molar-refractivity contribution is 5.28. The summed E-state index contributed by atoms with van der Waals surface area (Å²) in [5.74, 6) is 0.588. The summed E-state index contributed by atoms with van der Waals surface area (Å²) in [4.78, 5) is 0. The SMILES string of the molecule is CCCNC(c1cc(C)ccc1F)C1C(C)OC(C)C1C. The molecule has 0 aliphatic carbocycles. The van der Waals surface area contributed by atoms with Crippen molar-refractivity contribution in [1.82, 2.24) is 5.32 Å². The second kappa shape index (κ2) is 6.89. The molecule has 1 aromatic rings. The lowest BCUT2D eigenvalue weighted by molar-refractivity contribution is 0.0473. The van der Waals surface area contributed by atoms with Crippen molar-refractivity contribution in [3.63, 3.8) is 0 Å². The van der Waals surface area contributed by atoms with E-state index >= 15 is 0 Å². The van der Waals surface area contributed by atoms with Gasteiger partial charge in [-0.1, -0.05) is 31.5 Å². The minimum Gasteiger partial charge on any atom is -0.375 e. The van der Waals surface area contributed by atoms with Crippen molar-refractivity contribution in [2.75, 3.05) is 6.54 Å². The number of hydrogen-bond acceptors (Lipinski definition) is 2. The highest BCUT2D eigenvalue weighted by Gasteiger charge is 2.42. The molecule has 118 valence electrons. The van der Waals surface area contributed by atoms with Gasteiger partial charge in [0.15, 0.2) is 0 Å². The molecule has 0 spiro atoms. The summed E-state index contributed by atoms with van der Waals surface area (Å²) in [6.45, 7) is 11.5. The van der Waals surface area contributed by atoms with Crippen LogP contribution in [0.5, 0.6) is 0 Å². The molecule has 1 aliphatic heterocycles. The molecule has 2 nitrogen and oxygen atoms in total. The number of halogens is 1. The molecule has 21 heavy (non-hydrogen) atoms. The summed E-state index contributed by atoms with van der Waals surface area (Å²) in [6.07, 6.45) is 1.41. The molecule has 1 N–H and O–H groups in total. The van der Waals surface area contributed by atoms with Crippen molar-refractivity contribution in [3.8, 4) is 0 Å². The van der Waals surface area contributed by atoms with E-state index in [4.69, 9.17) is 4.74 Å². The fourth-order valence-electron chi connectivity index (χ4n) is 3.52. The molecule has 0 aromatic heterocycles. The molecule has 1 aliphatic rings. The van der Waals surface area contributed by atoms with Crippen LogP contribution in [0.1, 0.15) is 51.3 Å². The first kappa shape index (κ1) is 16.4. The van der Waals surface area contributed by atoms with E-state index in [1.54, 1.807) is 6.07 Å². The molecule has 5 atom stereocenters. The van der Waals surface area contributed by atoms with Crippen LogP contribution in [0.25, 0.3) is 0 Å². The quantitative estimate of drug-likeness (QED) is 0.877. The molecule has 1 heterocycles. The van der Waals surface area contributed by atoms with Crippen LogP contribution in [0.15, 0.2) is 18.2 Å². The monoisotopic (exact) mass is 293 g/mol. The van der Waals surface area contributed by atoms with Crippen LogP contribution in [-0.2, 0) is 4.74 Å². The summed E-state index contributed by atoms with van der Waals surface area (Å²) in [6, 6.07) is 5.40. The zero-order valence-electron chi connectivity index (χ0n) is 13.8. The molecular formula is C18H28FNO. The Kier molecular flexibility index (Phi) is 5.39. The van der Waals surface area contributed by atoms with Gasteiger partial charge in [-0.3, -0.25) is 0 Å². The number of hydrogen-bond donors (Lipinski definition) is 1. The van der Waals surface area contributed by atoms with E-state index in [-0.39, 0.29) is 24.1 Å². The average molecular weight is 293 g/mol. The second-order valence-electron chi connectivity index (χ2n) is 6.44. The summed E-state index contributed by atoms with van der Waals surface area (Å²) in [5, 5.41) is 3.56. The predicted octanol–water partition coefficient (Wildman–Crippen LogP) is 4.23. The van der Waals surface area contributed by atoms with Crippen molar-refractivity contribution >= 4 is 0 Å². The third kappa shape index (κ3) is 3.46. The minimum absolute atomic E-state index is 0.0137. The molecule has 0 saturated carbocycles. The first-order valence-electron chi connectivity index (χ1n) is 8.10. The number of ether oxygens (including phenoxy) is 1. The van der Waals surface area contributed by atoms with E-state index < -0.39 is 0 Å². The van der Waals surface area contributed by atoms with Gasteiger partial charge in [-0.2, -0.15) is 0 Å². The average Bonchev–Trinajstić information content (AvgIpc) is 2.69. The normalized spacial score (nSPS) is 30.6. The van der Waals surface area contributed by atoms with Gasteiger partial charge in [-0.05, 0) is 45.7 Å². The van der Waals surface area contributed by atoms with Crippen LogP contribution < -0.4 is 5.32 Å². The van der Waals surface area contributed by atoms with Gasteiger partial charge in [0.1, 0.15) is 5.82 Å². The van der Waals surface area contributed by atoms with Crippen molar-refractivity contribution in [2.24, 2.45) is 11.8 Å². The summed E-state index contributed by atoms with van der Waals surface area (Å²) in [5.41, 5.74) is 1.88. The molecule has 1 saturated heterocycles. The number of rotatable bonds is 5. The fraction of sp³-hybridized carbons (Fsp3) is 0.667. The number of nitrogens with one attached hydrogen (secondary N) is 1. The van der Waals surface area contributed by atoms with Gasteiger partial charge in [0.05, 0.1) is 12.2 Å². The minimum atomic E-state index is -0.117. The standard InChI is InChI=1S/C18H28FNO/c1-6-9-20-18(15-10-11(2)7-8-16(15)19)17-12(3)13(4)21-14(17)5/h7-8,10,12-14,17-18,20H,6,9H2,1-5H3. The van der Waals surface area contributed by atoms with Gasteiger partial charge in [0.2, 0.25) is 0 Å². The number of aryl methyl sites for hydroxylation is 1. The lowest BCUT2D eigenvalue weighted by Gasteiger charge is -2.31. The third-order valence-corrected chi connectivity index (χ3v) is 4.80. The molecule has 0 amide bonds. The van der Waals surface area contributed by atoms with E-state index in [9.17, 15) is 4.39 Å². The Bertz CT molecular complexity index is 476. The first-order valence-corrected chi connectivity index (χ1v) is 8.10. The van der Waals surface area contributed by atoms with E-state index in [1.165, 1.54) is 0 Å². The second-order valence-corrected chi connectivity index (χ2v) is 6.44. The van der Waals surface area contributed by atoms with E-state index in [1.807, 2.05) is 19.1 Å². The topological polar surface area (TPSA) is 21.3 Å². The zero-order valence-corrected chi connectivity index (χ0v) is 13.8. The van der Waals surface area contributed by atoms with Crippen LogP contribution in [0.2, 0.25) is 0 Å². The van der Waals surface area contributed by atoms with Crippen molar-refractivity contribution < 1.29 is 9.13 Å². The summed E-state index contributed by atoms with van der Waals surface area (Å²) in [7, 11) is 0. The highest BCUT2D eigenvalue weighted by Crippen LogP contribution is 2.41. The Morgan fingerprint density at radius 1 is 1.24 bits per heavy atom. The maximum absolute atomic E-state index is 14.4. The van der Waals surface area contributed by atoms with Crippen molar-refractivity contribution in [3.05, 3.63) is 35.1 Å². The van der Waals surface area contributed by atoms with E-state index in [0.717, 1.165) is 24.1 Å².